The summed E-state index contributed by atoms with van der Waals surface area (Å²) in [5.74, 6) is 0. The molecule has 0 aliphatic rings. The maximum atomic E-state index is 10.7. The maximum Gasteiger partial charge on any atom is 0.534 e. The summed E-state index contributed by atoms with van der Waals surface area (Å²) in [6, 6.07) is 0. The van der Waals surface area contributed by atoms with Gasteiger partial charge in [-0.2, -0.15) is 0 Å². The van der Waals surface area contributed by atoms with Crippen LogP contribution >= 0.6 is 0 Å². The predicted octanol–water partition coefficient (Wildman–Crippen LogP) is 0.314. The first-order chi connectivity index (χ1) is 3.42. The third-order valence-electron chi connectivity index (χ3n) is 0.163. The summed E-state index contributed by atoms with van der Waals surface area (Å²) < 4.78 is 52.6. The topological polar surface area (TPSA) is 49.4 Å². The van der Waals surface area contributed by atoms with Crippen LogP contribution in [0.1, 0.15) is 0 Å². The Balaban J connectivity index is 0. The van der Waals surface area contributed by atoms with Crippen molar-refractivity contribution in [3.63, 3.8) is 0 Å². The van der Waals surface area contributed by atoms with Crippen molar-refractivity contribution >= 4 is 11.4 Å². The zero-order valence-corrected chi connectivity index (χ0v) is 5.33. The van der Waals surface area contributed by atoms with Gasteiger partial charge in [0.25, 0.3) is 0 Å². The minimum atomic E-state index is -5.09. The van der Waals surface area contributed by atoms with Gasteiger partial charge in [-0.05, 0) is 0 Å². The smallest absolute Gasteiger partial charge is 0.534 e. The minimum absolute atomic E-state index is 0. The van der Waals surface area contributed by atoms with Gasteiger partial charge in [-0.25, -0.2) is 8.39 Å². The van der Waals surface area contributed by atoms with E-state index < -0.39 is 17.7 Å². The number of halogens is 3. The number of rotatable bonds is 1. The van der Waals surface area contributed by atoms with Gasteiger partial charge in [-0.3, -0.25) is 0 Å². The molecular weight excluding hydrogens is 213 g/mol. The molecule has 0 N–H and O–H groups in total. The molecule has 0 saturated carbocycles. The molecular formula is CCuF3O3S-. The SMILES string of the molecule is O=S([O-])OC(F)(F)F.[Cu]. The summed E-state index contributed by atoms with van der Waals surface area (Å²) in [6.07, 6.45) is -5.09. The van der Waals surface area contributed by atoms with Crippen molar-refractivity contribution in [2.45, 2.75) is 6.36 Å². The molecule has 0 saturated heterocycles. The second-order valence-electron chi connectivity index (χ2n) is 0.733. The molecule has 0 fully saturated rings. The average molecular weight is 213 g/mol. The number of alkyl halides is 3. The van der Waals surface area contributed by atoms with Crippen molar-refractivity contribution in [3.8, 4) is 0 Å². The molecule has 0 rings (SSSR count). The third kappa shape index (κ3) is 11.8. The van der Waals surface area contributed by atoms with Crippen LogP contribution in [0.25, 0.3) is 0 Å². The number of hydrogen-bond donors (Lipinski definition) is 0. The predicted molar refractivity (Wildman–Crippen MR) is 16.1 cm³/mol. The average Bonchev–Trinajstić information content (AvgIpc) is 1.21. The molecule has 0 heterocycles. The van der Waals surface area contributed by atoms with Gasteiger partial charge < -0.3 is 4.55 Å². The fourth-order valence-electron chi connectivity index (χ4n) is 0.0772. The molecule has 0 aromatic heterocycles. The second-order valence-corrected chi connectivity index (χ2v) is 1.31. The van der Waals surface area contributed by atoms with Gasteiger partial charge >= 0.3 is 6.36 Å². The Labute approximate surface area is 61.5 Å². The largest absolute Gasteiger partial charge is 0.750 e. The minimum Gasteiger partial charge on any atom is -0.750 e. The summed E-state index contributed by atoms with van der Waals surface area (Å²) >= 11 is -3.51. The van der Waals surface area contributed by atoms with Gasteiger partial charge in [0, 0.05) is 17.1 Å². The van der Waals surface area contributed by atoms with Crippen LogP contribution in [0.3, 0.4) is 0 Å². The second kappa shape index (κ2) is 4.24. The summed E-state index contributed by atoms with van der Waals surface area (Å²) in [5.41, 5.74) is 0. The van der Waals surface area contributed by atoms with Crippen LogP contribution in [0, 0.1) is 0 Å². The van der Waals surface area contributed by atoms with Crippen LogP contribution in [0.4, 0.5) is 13.2 Å². The van der Waals surface area contributed by atoms with Gasteiger partial charge in [0.1, 0.15) is 0 Å². The van der Waals surface area contributed by atoms with E-state index in [-0.39, 0.29) is 17.1 Å². The Morgan fingerprint density at radius 2 is 1.78 bits per heavy atom. The summed E-state index contributed by atoms with van der Waals surface area (Å²) in [4.78, 5) is 0. The fraction of sp³-hybridized carbons (Fsp3) is 1.00. The van der Waals surface area contributed by atoms with E-state index in [4.69, 9.17) is 8.76 Å². The molecule has 9 heavy (non-hydrogen) atoms. The molecule has 0 aliphatic carbocycles. The van der Waals surface area contributed by atoms with Crippen LogP contribution in [0.2, 0.25) is 0 Å². The van der Waals surface area contributed by atoms with E-state index >= 15 is 0 Å². The van der Waals surface area contributed by atoms with Crippen molar-refractivity contribution in [2.24, 2.45) is 0 Å². The molecule has 0 aromatic rings. The zero-order valence-electron chi connectivity index (χ0n) is 3.57. The van der Waals surface area contributed by atoms with Gasteiger partial charge in [-0.15, -0.1) is 13.2 Å². The van der Waals surface area contributed by atoms with E-state index in [1.54, 1.807) is 0 Å². The van der Waals surface area contributed by atoms with Crippen LogP contribution in [-0.2, 0) is 32.6 Å². The van der Waals surface area contributed by atoms with Crippen molar-refractivity contribution in [2.75, 3.05) is 0 Å². The number of hydrogen-bond acceptors (Lipinski definition) is 3. The molecule has 8 heteroatoms. The van der Waals surface area contributed by atoms with E-state index in [0.717, 1.165) is 0 Å². The molecule has 1 radical (unpaired) electrons. The third-order valence-corrected chi connectivity index (χ3v) is 0.488. The standard InChI is InChI=1S/CHF3O3S.Cu/c2-1(3,4)7-8(5)6;/h(H,5,6);/p-1. The van der Waals surface area contributed by atoms with Crippen molar-refractivity contribution in [1.82, 2.24) is 0 Å². The monoisotopic (exact) mass is 212 g/mol. The van der Waals surface area contributed by atoms with E-state index in [2.05, 4.69) is 4.18 Å². The van der Waals surface area contributed by atoms with Gasteiger partial charge in [0.05, 0.1) is 11.4 Å². The normalized spacial score (nSPS) is 14.2. The molecule has 0 bridgehead atoms. The van der Waals surface area contributed by atoms with Gasteiger partial charge in [-0.1, -0.05) is 0 Å². The molecule has 1 unspecified atom stereocenters. The molecule has 0 aliphatic heterocycles. The van der Waals surface area contributed by atoms with E-state index in [0.29, 0.717) is 0 Å². The fourth-order valence-corrected chi connectivity index (χ4v) is 0.231. The van der Waals surface area contributed by atoms with Crippen molar-refractivity contribution < 1.29 is 43.2 Å². The first kappa shape index (κ1) is 12.1. The Kier molecular flexibility index (Phi) is 5.69. The maximum absolute atomic E-state index is 10.7. The summed E-state index contributed by atoms with van der Waals surface area (Å²) in [5, 5.41) is 0. The zero-order chi connectivity index (χ0) is 6.78. The Morgan fingerprint density at radius 1 is 1.44 bits per heavy atom. The van der Waals surface area contributed by atoms with Crippen molar-refractivity contribution in [3.05, 3.63) is 0 Å². The van der Waals surface area contributed by atoms with Crippen molar-refractivity contribution in [1.29, 1.82) is 0 Å². The van der Waals surface area contributed by atoms with E-state index in [1.807, 2.05) is 0 Å². The van der Waals surface area contributed by atoms with Crippen LogP contribution in [0.15, 0.2) is 0 Å². The molecule has 0 amide bonds. The first-order valence-corrected chi connectivity index (χ1v) is 2.27. The van der Waals surface area contributed by atoms with Crippen LogP contribution < -0.4 is 0 Å². The Hall–Kier alpha value is 0.379. The molecule has 3 nitrogen and oxygen atoms in total. The van der Waals surface area contributed by atoms with Gasteiger partial charge in [0.2, 0.25) is 0 Å². The Bertz CT molecular complexity index is 102. The summed E-state index contributed by atoms with van der Waals surface area (Å²) in [7, 11) is 0. The van der Waals surface area contributed by atoms with E-state index in [9.17, 15) is 13.2 Å². The van der Waals surface area contributed by atoms with E-state index in [1.165, 1.54) is 0 Å². The van der Waals surface area contributed by atoms with Crippen LogP contribution in [-0.4, -0.2) is 15.1 Å². The Morgan fingerprint density at radius 3 is 1.78 bits per heavy atom. The van der Waals surface area contributed by atoms with Gasteiger partial charge in [0.15, 0.2) is 0 Å². The van der Waals surface area contributed by atoms with Crippen LogP contribution in [0.5, 0.6) is 0 Å². The molecule has 0 spiro atoms. The molecule has 0 aromatic carbocycles. The first-order valence-electron chi connectivity index (χ1n) is 1.27. The molecule has 61 valence electrons. The summed E-state index contributed by atoms with van der Waals surface area (Å²) in [6.45, 7) is 0. The molecule has 1 atom stereocenters. The quantitative estimate of drug-likeness (QED) is 0.465.